The van der Waals surface area contributed by atoms with Gasteiger partial charge in [0.25, 0.3) is 0 Å². The Morgan fingerprint density at radius 2 is 0.900 bits per heavy atom. The van der Waals surface area contributed by atoms with E-state index >= 15 is 0 Å². The van der Waals surface area contributed by atoms with Crippen molar-refractivity contribution in [3.05, 3.63) is 141 Å². The van der Waals surface area contributed by atoms with Crippen molar-refractivity contribution >= 4 is 45.0 Å². The van der Waals surface area contributed by atoms with Gasteiger partial charge in [-0.05, 0) is 0 Å². The first kappa shape index (κ1) is 28.2. The number of rotatable bonds is 4. The molecule has 0 heterocycles. The second-order valence-corrected chi connectivity index (χ2v) is 46.9. The molecular weight excluding hydrogens is 623 g/mol. The number of halogens is 2. The predicted octanol–water partition coefficient (Wildman–Crippen LogP) is 9.34. The van der Waals surface area contributed by atoms with Crippen LogP contribution in [0.3, 0.4) is 0 Å². The van der Waals surface area contributed by atoms with E-state index < -0.39 is 20.4 Å². The Labute approximate surface area is 247 Å². The van der Waals surface area contributed by atoms with E-state index in [0.29, 0.717) is 0 Å². The molecule has 202 valence electrons. The van der Waals surface area contributed by atoms with E-state index in [2.05, 4.69) is 139 Å². The monoisotopic (exact) mass is 656 g/mol. The fourth-order valence-electron chi connectivity index (χ4n) is 7.50. The van der Waals surface area contributed by atoms with Crippen LogP contribution in [0.1, 0.15) is 65.6 Å². The molecule has 4 aromatic rings. The minimum absolute atomic E-state index is 0.0225. The maximum absolute atomic E-state index is 8.81. The molecule has 4 heteroatoms. The van der Waals surface area contributed by atoms with Crippen LogP contribution in [0.2, 0.25) is 0 Å². The number of aryl methyl sites for hydroxylation is 2. The van der Waals surface area contributed by atoms with Crippen molar-refractivity contribution in [2.24, 2.45) is 0 Å². The van der Waals surface area contributed by atoms with Crippen molar-refractivity contribution in [1.82, 2.24) is 0 Å². The molecule has 2 aliphatic rings. The van der Waals surface area contributed by atoms with Crippen molar-refractivity contribution in [2.75, 3.05) is 0 Å². The molecule has 6 rings (SSSR count). The summed E-state index contributed by atoms with van der Waals surface area (Å²) >= 11 is -5.16. The standard InChI is InChI=1S/C12H10Si.2C12H13.2ClH.Zr/c1-3-7-11(8-4-1)13-12-9-5-2-6-10-12;2*1-8-6-11-5-4-9(2)10(3)12(11)7-8;;;/h1-10H;2*4-7H,1-3H3;2*1H;/q;;;;;+2/p-2. The third kappa shape index (κ3) is 4.09. The Bertz CT molecular complexity index is 1680. The summed E-state index contributed by atoms with van der Waals surface area (Å²) in [5, 5.41) is 2.62. The third-order valence-electron chi connectivity index (χ3n) is 9.58. The molecule has 0 fully saturated rings. The molecule has 0 aromatic heterocycles. The number of fused-ring (bicyclic) bond motifs is 2. The normalized spacial score (nSPS) is 18.2. The summed E-state index contributed by atoms with van der Waals surface area (Å²) in [6.45, 7) is 13.5. The van der Waals surface area contributed by atoms with E-state index in [4.69, 9.17) is 17.0 Å². The third-order valence-corrected chi connectivity index (χ3v) is 47.9. The van der Waals surface area contributed by atoms with Crippen LogP contribution in [0.15, 0.2) is 96.1 Å². The Balaban J connectivity index is 1.85. The average Bonchev–Trinajstić information content (AvgIpc) is 3.48. The topological polar surface area (TPSA) is 0 Å². The number of allylic oxidation sites excluding steroid dienone is 2. The number of hydrogen-bond donors (Lipinski definition) is 0. The van der Waals surface area contributed by atoms with Crippen molar-refractivity contribution in [3.8, 4) is 0 Å². The van der Waals surface area contributed by atoms with E-state index in [9.17, 15) is 0 Å². The van der Waals surface area contributed by atoms with Crippen molar-refractivity contribution in [3.63, 3.8) is 0 Å². The zero-order valence-corrected chi connectivity index (χ0v) is 29.1. The molecule has 0 saturated heterocycles. The molecule has 40 heavy (non-hydrogen) atoms. The molecular formula is C36H36Cl2SiZr. The minimum atomic E-state index is -5.16. The van der Waals surface area contributed by atoms with Crippen LogP contribution in [0, 0.1) is 27.7 Å². The molecule has 0 aliphatic heterocycles. The Kier molecular flexibility index (Phi) is 7.11. The van der Waals surface area contributed by atoms with Crippen LogP contribution in [-0.4, -0.2) is 5.43 Å². The van der Waals surface area contributed by atoms with Crippen LogP contribution in [-0.2, 0) is 15.0 Å². The van der Waals surface area contributed by atoms with Crippen molar-refractivity contribution in [1.29, 1.82) is 0 Å². The van der Waals surface area contributed by atoms with Crippen LogP contribution >= 0.6 is 17.0 Å². The van der Waals surface area contributed by atoms with Gasteiger partial charge < -0.3 is 0 Å². The first-order valence-corrected chi connectivity index (χ1v) is 28.5. The molecule has 0 nitrogen and oxygen atoms in total. The van der Waals surface area contributed by atoms with Gasteiger partial charge in [-0.15, -0.1) is 0 Å². The summed E-state index contributed by atoms with van der Waals surface area (Å²) in [6, 6.07) is 31.2. The zero-order valence-electron chi connectivity index (χ0n) is 24.1. The fourth-order valence-corrected chi connectivity index (χ4v) is 53.9. The van der Waals surface area contributed by atoms with E-state index in [0.717, 1.165) is 0 Å². The second-order valence-electron chi connectivity index (χ2n) is 11.9. The Morgan fingerprint density at radius 3 is 1.27 bits per heavy atom. The first-order chi connectivity index (χ1) is 19.0. The summed E-state index contributed by atoms with van der Waals surface area (Å²) < 4.78 is 0.0450. The van der Waals surface area contributed by atoms with Gasteiger partial charge in [-0.25, -0.2) is 0 Å². The SMILES string of the molecule is CC1=Cc2c(ccc(C)c2C)[CH]1[Zr]([Cl])([Cl])([CH]1C(C)=Cc2c1ccc(C)c2C)=[Si](c1ccccc1)c1ccccc1. The Hall–Kier alpha value is -1.96. The first-order valence-electron chi connectivity index (χ1n) is 14.2. The Morgan fingerprint density at radius 1 is 0.525 bits per heavy atom. The molecule has 0 radical (unpaired) electrons. The summed E-state index contributed by atoms with van der Waals surface area (Å²) in [5.41, 5.74) is 11.6. The number of benzene rings is 4. The van der Waals surface area contributed by atoms with Crippen LogP contribution in [0.4, 0.5) is 0 Å². The van der Waals surface area contributed by atoms with Crippen LogP contribution in [0.25, 0.3) is 12.2 Å². The quantitative estimate of drug-likeness (QED) is 0.192. The van der Waals surface area contributed by atoms with Gasteiger partial charge in [-0.2, -0.15) is 0 Å². The maximum atomic E-state index is 8.81. The molecule has 0 N–H and O–H groups in total. The predicted molar refractivity (Wildman–Crippen MR) is 174 cm³/mol. The van der Waals surface area contributed by atoms with Gasteiger partial charge in [0, 0.05) is 0 Å². The molecule has 0 saturated carbocycles. The van der Waals surface area contributed by atoms with Gasteiger partial charge in [0.05, 0.1) is 0 Å². The van der Waals surface area contributed by atoms with E-state index in [-0.39, 0.29) is 7.25 Å². The molecule has 2 aliphatic carbocycles. The van der Waals surface area contributed by atoms with Gasteiger partial charge >= 0.3 is 249 Å². The summed E-state index contributed by atoms with van der Waals surface area (Å²) in [6.07, 6.45) is 4.79. The van der Waals surface area contributed by atoms with Gasteiger partial charge in [-0.3, -0.25) is 0 Å². The second kappa shape index (κ2) is 10.1. The van der Waals surface area contributed by atoms with Crippen molar-refractivity contribution < 1.29 is 15.0 Å². The molecule has 2 unspecified atom stereocenters. The van der Waals surface area contributed by atoms with E-state index in [1.807, 2.05) is 0 Å². The van der Waals surface area contributed by atoms with Gasteiger partial charge in [0.1, 0.15) is 0 Å². The molecule has 2 atom stereocenters. The van der Waals surface area contributed by atoms with Gasteiger partial charge in [0.2, 0.25) is 0 Å². The molecule has 0 amide bonds. The average molecular weight is 659 g/mol. The van der Waals surface area contributed by atoms with E-state index in [1.165, 1.54) is 66.0 Å². The van der Waals surface area contributed by atoms with Gasteiger partial charge in [-0.1, -0.05) is 0 Å². The van der Waals surface area contributed by atoms with E-state index in [1.54, 1.807) is 0 Å². The zero-order chi connectivity index (χ0) is 28.4. The van der Waals surface area contributed by atoms with Crippen LogP contribution < -0.4 is 10.4 Å². The van der Waals surface area contributed by atoms with Crippen molar-refractivity contribution in [2.45, 2.75) is 48.8 Å². The molecule has 0 bridgehead atoms. The fraction of sp³-hybridized carbons (Fsp3) is 0.222. The summed E-state index contributed by atoms with van der Waals surface area (Å²) in [7, 11) is 17.6. The summed E-state index contributed by atoms with van der Waals surface area (Å²) in [4.78, 5) is 0. The van der Waals surface area contributed by atoms with Crippen LogP contribution in [0.5, 0.6) is 0 Å². The summed E-state index contributed by atoms with van der Waals surface area (Å²) in [5.74, 6) is 0. The molecule has 4 aromatic carbocycles. The number of hydrogen-bond acceptors (Lipinski definition) is 0. The molecule has 0 spiro atoms. The van der Waals surface area contributed by atoms with Gasteiger partial charge in [0.15, 0.2) is 0 Å².